The monoisotopic (exact) mass is 290 g/mol. The lowest BCUT2D eigenvalue weighted by Crippen LogP contribution is -2.22. The SMILES string of the molecule is O=C(OC1CCCCC1)c1cc(C(F)(F)F)ccc1F. The van der Waals surface area contributed by atoms with E-state index >= 15 is 0 Å². The van der Waals surface area contributed by atoms with Gasteiger partial charge in [0.15, 0.2) is 0 Å². The number of hydrogen-bond donors (Lipinski definition) is 0. The van der Waals surface area contributed by atoms with Gasteiger partial charge in [-0.2, -0.15) is 13.2 Å². The summed E-state index contributed by atoms with van der Waals surface area (Å²) in [5.74, 6) is -2.03. The smallest absolute Gasteiger partial charge is 0.416 e. The van der Waals surface area contributed by atoms with E-state index in [0.717, 1.165) is 19.3 Å². The van der Waals surface area contributed by atoms with Gasteiger partial charge in [-0.05, 0) is 43.9 Å². The average molecular weight is 290 g/mol. The second-order valence-electron chi connectivity index (χ2n) is 4.86. The van der Waals surface area contributed by atoms with Crippen LogP contribution in [0.4, 0.5) is 17.6 Å². The number of ether oxygens (including phenoxy) is 1. The van der Waals surface area contributed by atoms with Crippen LogP contribution in [0.25, 0.3) is 0 Å². The average Bonchev–Trinajstić information content (AvgIpc) is 2.39. The van der Waals surface area contributed by atoms with Crippen molar-refractivity contribution >= 4 is 5.97 Å². The Bertz CT molecular complexity index is 490. The molecule has 1 aliphatic rings. The molecule has 0 amide bonds. The zero-order valence-electron chi connectivity index (χ0n) is 10.7. The second-order valence-corrected chi connectivity index (χ2v) is 4.86. The van der Waals surface area contributed by atoms with Crippen LogP contribution in [0.1, 0.15) is 48.0 Å². The summed E-state index contributed by atoms with van der Waals surface area (Å²) in [5.41, 5.74) is -1.72. The highest BCUT2D eigenvalue weighted by atomic mass is 19.4. The zero-order valence-corrected chi connectivity index (χ0v) is 10.7. The van der Waals surface area contributed by atoms with E-state index in [2.05, 4.69) is 0 Å². The van der Waals surface area contributed by atoms with Gasteiger partial charge in [-0.25, -0.2) is 9.18 Å². The summed E-state index contributed by atoms with van der Waals surface area (Å²) in [6.07, 6.45) is -0.741. The Labute approximate surface area is 113 Å². The van der Waals surface area contributed by atoms with E-state index in [1.165, 1.54) is 0 Å². The van der Waals surface area contributed by atoms with Crippen LogP contribution in [0.5, 0.6) is 0 Å². The molecule has 6 heteroatoms. The number of carbonyl (C=O) groups excluding carboxylic acids is 1. The maximum absolute atomic E-state index is 13.5. The molecule has 0 atom stereocenters. The van der Waals surface area contributed by atoms with Crippen LogP contribution in [0.3, 0.4) is 0 Å². The van der Waals surface area contributed by atoms with Crippen molar-refractivity contribution in [3.05, 3.63) is 35.1 Å². The number of halogens is 4. The molecule has 0 bridgehead atoms. The van der Waals surface area contributed by atoms with Crippen LogP contribution in [0.2, 0.25) is 0 Å². The van der Waals surface area contributed by atoms with Gasteiger partial charge in [-0.15, -0.1) is 0 Å². The summed E-state index contributed by atoms with van der Waals surface area (Å²) >= 11 is 0. The fraction of sp³-hybridized carbons (Fsp3) is 0.500. The maximum Gasteiger partial charge on any atom is 0.416 e. The number of carbonyl (C=O) groups is 1. The fourth-order valence-corrected chi connectivity index (χ4v) is 2.26. The minimum Gasteiger partial charge on any atom is -0.459 e. The Balaban J connectivity index is 2.16. The number of esters is 1. The molecule has 1 fully saturated rings. The highest BCUT2D eigenvalue weighted by Gasteiger charge is 2.32. The zero-order chi connectivity index (χ0) is 14.8. The molecule has 0 radical (unpaired) electrons. The van der Waals surface area contributed by atoms with Crippen LogP contribution < -0.4 is 0 Å². The molecule has 20 heavy (non-hydrogen) atoms. The standard InChI is InChI=1S/C14H14F4O2/c15-12-7-6-9(14(16,17)18)8-11(12)13(19)20-10-4-2-1-3-5-10/h6-8,10H,1-5H2. The normalized spacial score (nSPS) is 17.0. The molecule has 0 spiro atoms. The molecule has 0 aliphatic heterocycles. The number of hydrogen-bond acceptors (Lipinski definition) is 2. The third kappa shape index (κ3) is 3.49. The first-order valence-corrected chi connectivity index (χ1v) is 6.45. The lowest BCUT2D eigenvalue weighted by Gasteiger charge is -2.22. The summed E-state index contributed by atoms with van der Waals surface area (Å²) in [7, 11) is 0. The lowest BCUT2D eigenvalue weighted by atomic mass is 9.98. The van der Waals surface area contributed by atoms with Crippen LogP contribution in [0.15, 0.2) is 18.2 Å². The summed E-state index contributed by atoms with van der Waals surface area (Å²) in [6, 6.07) is 1.74. The second kappa shape index (κ2) is 5.81. The van der Waals surface area contributed by atoms with Crippen molar-refractivity contribution in [2.45, 2.75) is 44.4 Å². The van der Waals surface area contributed by atoms with Crippen molar-refractivity contribution in [1.29, 1.82) is 0 Å². The van der Waals surface area contributed by atoms with E-state index in [4.69, 9.17) is 4.74 Å². The molecule has 0 N–H and O–H groups in total. The maximum atomic E-state index is 13.5. The molecule has 0 heterocycles. The van der Waals surface area contributed by atoms with E-state index in [-0.39, 0.29) is 6.10 Å². The number of benzene rings is 1. The molecule has 110 valence electrons. The Kier molecular flexibility index (Phi) is 4.30. The van der Waals surface area contributed by atoms with Gasteiger partial charge in [-0.3, -0.25) is 0 Å². The van der Waals surface area contributed by atoms with Crippen molar-refractivity contribution in [3.8, 4) is 0 Å². The Hall–Kier alpha value is -1.59. The summed E-state index contributed by atoms with van der Waals surface area (Å²) in [4.78, 5) is 11.8. The fourth-order valence-electron chi connectivity index (χ4n) is 2.26. The van der Waals surface area contributed by atoms with Crippen LogP contribution in [-0.2, 0) is 10.9 Å². The minimum atomic E-state index is -4.62. The predicted molar refractivity (Wildman–Crippen MR) is 63.7 cm³/mol. The lowest BCUT2D eigenvalue weighted by molar-refractivity contribution is -0.137. The first kappa shape index (κ1) is 14.8. The Morgan fingerprint density at radius 2 is 1.80 bits per heavy atom. The third-order valence-electron chi connectivity index (χ3n) is 3.34. The van der Waals surface area contributed by atoms with Gasteiger partial charge in [-0.1, -0.05) is 6.42 Å². The molecule has 2 nitrogen and oxygen atoms in total. The molecule has 1 aromatic rings. The van der Waals surface area contributed by atoms with Crippen molar-refractivity contribution < 1.29 is 27.1 Å². The van der Waals surface area contributed by atoms with Crippen molar-refractivity contribution in [2.75, 3.05) is 0 Å². The van der Waals surface area contributed by atoms with E-state index in [0.29, 0.717) is 31.0 Å². The van der Waals surface area contributed by atoms with E-state index in [1.807, 2.05) is 0 Å². The van der Waals surface area contributed by atoms with E-state index < -0.39 is 29.1 Å². The van der Waals surface area contributed by atoms with Crippen molar-refractivity contribution in [3.63, 3.8) is 0 Å². The molecule has 1 aromatic carbocycles. The Morgan fingerprint density at radius 3 is 2.40 bits per heavy atom. The van der Waals surface area contributed by atoms with Crippen molar-refractivity contribution in [1.82, 2.24) is 0 Å². The first-order chi connectivity index (χ1) is 9.38. The highest BCUT2D eigenvalue weighted by molar-refractivity contribution is 5.90. The van der Waals surface area contributed by atoms with Crippen LogP contribution in [-0.4, -0.2) is 12.1 Å². The van der Waals surface area contributed by atoms with E-state index in [1.54, 1.807) is 0 Å². The van der Waals surface area contributed by atoms with Gasteiger partial charge >= 0.3 is 12.1 Å². The summed E-state index contributed by atoms with van der Waals surface area (Å²) in [5, 5.41) is 0. The molecule has 0 aromatic heterocycles. The number of alkyl halides is 3. The van der Waals surface area contributed by atoms with Gasteiger partial charge in [0.05, 0.1) is 11.1 Å². The van der Waals surface area contributed by atoms with Gasteiger partial charge in [0, 0.05) is 0 Å². The first-order valence-electron chi connectivity index (χ1n) is 6.45. The van der Waals surface area contributed by atoms with Crippen LogP contribution >= 0.6 is 0 Å². The molecule has 0 saturated heterocycles. The molecule has 0 unspecified atom stereocenters. The minimum absolute atomic E-state index is 0.329. The quantitative estimate of drug-likeness (QED) is 0.598. The topological polar surface area (TPSA) is 26.3 Å². The third-order valence-corrected chi connectivity index (χ3v) is 3.34. The van der Waals surface area contributed by atoms with Gasteiger partial charge in [0.1, 0.15) is 11.9 Å². The molecule has 2 rings (SSSR count). The molecule has 1 aliphatic carbocycles. The molecular weight excluding hydrogens is 276 g/mol. The van der Waals surface area contributed by atoms with E-state index in [9.17, 15) is 22.4 Å². The van der Waals surface area contributed by atoms with Crippen molar-refractivity contribution in [2.24, 2.45) is 0 Å². The van der Waals surface area contributed by atoms with Crippen LogP contribution in [0, 0.1) is 5.82 Å². The number of rotatable bonds is 2. The summed E-state index contributed by atoms with van der Waals surface area (Å²) < 4.78 is 56.2. The Morgan fingerprint density at radius 1 is 1.15 bits per heavy atom. The molecular formula is C14H14F4O2. The predicted octanol–water partition coefficient (Wildman–Crippen LogP) is 4.33. The highest BCUT2D eigenvalue weighted by Crippen LogP contribution is 2.31. The van der Waals surface area contributed by atoms with Gasteiger partial charge in [0.25, 0.3) is 0 Å². The molecule has 1 saturated carbocycles. The van der Waals surface area contributed by atoms with Gasteiger partial charge in [0.2, 0.25) is 0 Å². The van der Waals surface area contributed by atoms with Gasteiger partial charge < -0.3 is 4.74 Å². The summed E-state index contributed by atoms with van der Waals surface area (Å²) in [6.45, 7) is 0. The largest absolute Gasteiger partial charge is 0.459 e.